The van der Waals surface area contributed by atoms with Gasteiger partial charge in [-0.25, -0.2) is 4.68 Å². The molecule has 0 spiro atoms. The normalized spacial score (nSPS) is 20.1. The standard InChI is InChI=1S/C24H32N4O3/c1-31-18-20-9-12-26(13-10-20)24(30)21-8-5-11-27(17-21)22-14-23(29)28(25-15-22)16-19-6-3-2-4-7-19/h2-4,6-7,14-15,20-21H,5,8-13,16-18H2,1H3. The van der Waals surface area contributed by atoms with Crippen LogP contribution in [-0.2, 0) is 16.1 Å². The largest absolute Gasteiger partial charge is 0.384 e. The number of likely N-dealkylation sites (tertiary alicyclic amines) is 1. The van der Waals surface area contributed by atoms with Crippen molar-refractivity contribution in [2.45, 2.75) is 32.2 Å². The Morgan fingerprint density at radius 2 is 1.90 bits per heavy atom. The van der Waals surface area contributed by atoms with E-state index < -0.39 is 0 Å². The molecule has 3 heterocycles. The van der Waals surface area contributed by atoms with E-state index in [4.69, 9.17) is 4.74 Å². The summed E-state index contributed by atoms with van der Waals surface area (Å²) in [6, 6.07) is 11.5. The van der Waals surface area contributed by atoms with Crippen molar-refractivity contribution in [1.29, 1.82) is 0 Å². The molecular formula is C24H32N4O3. The van der Waals surface area contributed by atoms with Crippen LogP contribution in [0.5, 0.6) is 0 Å². The molecule has 0 saturated carbocycles. The third-order valence-corrected chi connectivity index (χ3v) is 6.49. The summed E-state index contributed by atoms with van der Waals surface area (Å²) in [6.45, 7) is 4.38. The first-order valence-corrected chi connectivity index (χ1v) is 11.3. The van der Waals surface area contributed by atoms with E-state index in [1.165, 1.54) is 4.68 Å². The van der Waals surface area contributed by atoms with Crippen molar-refractivity contribution in [3.8, 4) is 0 Å². The zero-order chi connectivity index (χ0) is 21.6. The fourth-order valence-electron chi connectivity index (χ4n) is 4.70. The molecule has 166 valence electrons. The highest BCUT2D eigenvalue weighted by molar-refractivity contribution is 5.80. The monoisotopic (exact) mass is 424 g/mol. The van der Waals surface area contributed by atoms with E-state index in [-0.39, 0.29) is 17.4 Å². The maximum Gasteiger partial charge on any atom is 0.269 e. The van der Waals surface area contributed by atoms with Crippen LogP contribution in [0.4, 0.5) is 5.69 Å². The van der Waals surface area contributed by atoms with Gasteiger partial charge in [0.25, 0.3) is 5.56 Å². The first-order valence-electron chi connectivity index (χ1n) is 11.3. The topological polar surface area (TPSA) is 67.7 Å². The fourth-order valence-corrected chi connectivity index (χ4v) is 4.70. The zero-order valence-electron chi connectivity index (χ0n) is 18.3. The van der Waals surface area contributed by atoms with Crippen LogP contribution in [0.1, 0.15) is 31.2 Å². The van der Waals surface area contributed by atoms with Gasteiger partial charge < -0.3 is 14.5 Å². The molecule has 0 bridgehead atoms. The summed E-state index contributed by atoms with van der Waals surface area (Å²) >= 11 is 0. The van der Waals surface area contributed by atoms with Gasteiger partial charge in [0.2, 0.25) is 5.91 Å². The molecule has 2 aromatic rings. The average Bonchev–Trinajstić information content (AvgIpc) is 2.81. The molecule has 2 saturated heterocycles. The minimum absolute atomic E-state index is 0.0144. The van der Waals surface area contributed by atoms with Gasteiger partial charge in [0, 0.05) is 46.0 Å². The molecule has 7 heteroatoms. The predicted molar refractivity (Wildman–Crippen MR) is 120 cm³/mol. The summed E-state index contributed by atoms with van der Waals surface area (Å²) in [5, 5.41) is 4.39. The van der Waals surface area contributed by atoms with Gasteiger partial charge in [-0.3, -0.25) is 9.59 Å². The number of benzene rings is 1. The summed E-state index contributed by atoms with van der Waals surface area (Å²) in [5.74, 6) is 0.802. The third-order valence-electron chi connectivity index (χ3n) is 6.49. The number of anilines is 1. The molecule has 1 atom stereocenters. The summed E-state index contributed by atoms with van der Waals surface area (Å²) < 4.78 is 6.75. The van der Waals surface area contributed by atoms with Crippen LogP contribution in [0.15, 0.2) is 47.4 Å². The lowest BCUT2D eigenvalue weighted by molar-refractivity contribution is -0.137. The summed E-state index contributed by atoms with van der Waals surface area (Å²) in [5.41, 5.74) is 1.74. The van der Waals surface area contributed by atoms with Crippen LogP contribution < -0.4 is 10.5 Å². The van der Waals surface area contributed by atoms with Gasteiger partial charge in [-0.05, 0) is 37.2 Å². The highest BCUT2D eigenvalue weighted by Crippen LogP contribution is 2.25. The zero-order valence-corrected chi connectivity index (χ0v) is 18.3. The second-order valence-corrected chi connectivity index (χ2v) is 8.70. The third kappa shape index (κ3) is 5.34. The quantitative estimate of drug-likeness (QED) is 0.712. The van der Waals surface area contributed by atoms with Gasteiger partial charge in [-0.2, -0.15) is 5.10 Å². The van der Waals surface area contributed by atoms with E-state index >= 15 is 0 Å². The molecule has 1 unspecified atom stereocenters. The number of ether oxygens (including phenoxy) is 1. The first-order chi connectivity index (χ1) is 15.1. The highest BCUT2D eigenvalue weighted by Gasteiger charge is 2.31. The van der Waals surface area contributed by atoms with Crippen LogP contribution in [0, 0.1) is 11.8 Å². The van der Waals surface area contributed by atoms with Crippen molar-refractivity contribution in [2.75, 3.05) is 44.8 Å². The lowest BCUT2D eigenvalue weighted by Crippen LogP contribution is -2.47. The number of rotatable bonds is 6. The SMILES string of the molecule is COCC1CCN(C(=O)C2CCCN(c3cnn(Cc4ccccc4)c(=O)c3)C2)CC1. The van der Waals surface area contributed by atoms with Crippen molar-refractivity contribution in [1.82, 2.24) is 14.7 Å². The molecule has 1 amide bonds. The van der Waals surface area contributed by atoms with E-state index in [1.807, 2.05) is 35.2 Å². The molecule has 2 aliphatic heterocycles. The molecule has 31 heavy (non-hydrogen) atoms. The van der Waals surface area contributed by atoms with Crippen LogP contribution in [-0.4, -0.2) is 60.5 Å². The Morgan fingerprint density at radius 1 is 1.13 bits per heavy atom. The maximum atomic E-state index is 13.1. The second kappa shape index (κ2) is 10.1. The van der Waals surface area contributed by atoms with Gasteiger partial charge in [0.1, 0.15) is 0 Å². The minimum atomic E-state index is -0.116. The second-order valence-electron chi connectivity index (χ2n) is 8.70. The van der Waals surface area contributed by atoms with E-state index in [0.717, 1.165) is 63.2 Å². The van der Waals surface area contributed by atoms with Crippen LogP contribution >= 0.6 is 0 Å². The number of carbonyl (C=O) groups is 1. The predicted octanol–water partition coefficient (Wildman–Crippen LogP) is 2.39. The molecule has 7 nitrogen and oxygen atoms in total. The number of methoxy groups -OCH3 is 1. The van der Waals surface area contributed by atoms with Crippen LogP contribution in [0.25, 0.3) is 0 Å². The van der Waals surface area contributed by atoms with Gasteiger partial charge in [0.15, 0.2) is 0 Å². The molecule has 2 aliphatic rings. The Balaban J connectivity index is 1.37. The molecular weight excluding hydrogens is 392 g/mol. The van der Waals surface area contributed by atoms with Crippen molar-refractivity contribution in [2.24, 2.45) is 11.8 Å². The summed E-state index contributed by atoms with van der Waals surface area (Å²) in [4.78, 5) is 29.9. The fraction of sp³-hybridized carbons (Fsp3) is 0.542. The van der Waals surface area contributed by atoms with Gasteiger partial charge in [-0.15, -0.1) is 0 Å². The summed E-state index contributed by atoms with van der Waals surface area (Å²) in [7, 11) is 1.74. The molecule has 2 fully saturated rings. The highest BCUT2D eigenvalue weighted by atomic mass is 16.5. The number of nitrogens with zero attached hydrogens (tertiary/aromatic N) is 4. The Hall–Kier alpha value is -2.67. The van der Waals surface area contributed by atoms with E-state index in [0.29, 0.717) is 19.0 Å². The van der Waals surface area contributed by atoms with Crippen molar-refractivity contribution in [3.63, 3.8) is 0 Å². The number of piperidine rings is 2. The Labute approximate surface area is 183 Å². The van der Waals surface area contributed by atoms with Crippen molar-refractivity contribution < 1.29 is 9.53 Å². The number of carbonyl (C=O) groups excluding carboxylic acids is 1. The molecule has 0 radical (unpaired) electrons. The molecule has 0 N–H and O–H groups in total. The van der Waals surface area contributed by atoms with Gasteiger partial charge in [-0.1, -0.05) is 30.3 Å². The molecule has 4 rings (SSSR count). The van der Waals surface area contributed by atoms with Crippen molar-refractivity contribution in [3.05, 3.63) is 58.5 Å². The number of hydrogen-bond donors (Lipinski definition) is 0. The first kappa shape index (κ1) is 21.6. The Morgan fingerprint density at radius 3 is 2.61 bits per heavy atom. The van der Waals surface area contributed by atoms with Crippen LogP contribution in [0.2, 0.25) is 0 Å². The van der Waals surface area contributed by atoms with Crippen molar-refractivity contribution >= 4 is 11.6 Å². The Bertz CT molecular complexity index is 922. The molecule has 1 aromatic carbocycles. The van der Waals surface area contributed by atoms with Crippen LogP contribution in [0.3, 0.4) is 0 Å². The lowest BCUT2D eigenvalue weighted by atomic mass is 9.93. The van der Waals surface area contributed by atoms with E-state index in [9.17, 15) is 9.59 Å². The smallest absolute Gasteiger partial charge is 0.269 e. The number of hydrogen-bond acceptors (Lipinski definition) is 5. The van der Waals surface area contributed by atoms with Gasteiger partial charge >= 0.3 is 0 Å². The molecule has 0 aliphatic carbocycles. The summed E-state index contributed by atoms with van der Waals surface area (Å²) in [6.07, 6.45) is 5.64. The van der Waals surface area contributed by atoms with Gasteiger partial charge in [0.05, 0.1) is 24.3 Å². The maximum absolute atomic E-state index is 13.1. The lowest BCUT2D eigenvalue weighted by Gasteiger charge is -2.38. The number of amides is 1. The Kier molecular flexibility index (Phi) is 7.02. The minimum Gasteiger partial charge on any atom is -0.384 e. The van der Waals surface area contributed by atoms with E-state index in [2.05, 4.69) is 10.00 Å². The number of aromatic nitrogens is 2. The average molecular weight is 425 g/mol. The molecule has 1 aromatic heterocycles. The van der Waals surface area contributed by atoms with E-state index in [1.54, 1.807) is 19.4 Å².